The number of carbonyl (C=O) groups is 2. The van der Waals surface area contributed by atoms with Gasteiger partial charge in [-0.25, -0.2) is 0 Å². The SMILES string of the molecule is Cc1c(Cl)cccc1OCCCC(=O)N1CCOc2c(-c3cnn(Cc4cccc(C(=O)NCC[N+](C)(C)C)c4)c3)cccc21. The van der Waals surface area contributed by atoms with E-state index in [0.29, 0.717) is 62.0 Å². The second kappa shape index (κ2) is 14.2. The van der Waals surface area contributed by atoms with E-state index in [0.717, 1.165) is 44.7 Å². The number of hydrogen-bond donors (Lipinski definition) is 1. The van der Waals surface area contributed by atoms with Crippen LogP contribution in [0.2, 0.25) is 5.02 Å². The van der Waals surface area contributed by atoms with E-state index in [1.807, 2.05) is 78.5 Å². The number of nitrogens with zero attached hydrogens (tertiary/aromatic N) is 4. The summed E-state index contributed by atoms with van der Waals surface area (Å²) in [7, 11) is 6.30. The Kier molecular flexibility index (Phi) is 10.1. The van der Waals surface area contributed by atoms with Crippen molar-refractivity contribution in [3.63, 3.8) is 0 Å². The van der Waals surface area contributed by atoms with E-state index in [-0.39, 0.29) is 11.8 Å². The Labute approximate surface area is 269 Å². The maximum absolute atomic E-state index is 13.3. The number of halogens is 1. The third-order valence-electron chi connectivity index (χ3n) is 7.70. The molecule has 0 unspecified atom stereocenters. The van der Waals surface area contributed by atoms with Crippen LogP contribution in [0.3, 0.4) is 0 Å². The van der Waals surface area contributed by atoms with Gasteiger partial charge < -0.3 is 24.2 Å². The molecule has 0 aliphatic carbocycles. The molecule has 5 rings (SSSR count). The Morgan fingerprint density at radius 3 is 2.71 bits per heavy atom. The number of hydrogen-bond acceptors (Lipinski definition) is 5. The average molecular weight is 631 g/mol. The molecule has 9 nitrogen and oxygen atoms in total. The van der Waals surface area contributed by atoms with Gasteiger partial charge in [0.1, 0.15) is 12.4 Å². The Morgan fingerprint density at radius 1 is 1.09 bits per heavy atom. The van der Waals surface area contributed by atoms with Crippen molar-refractivity contribution in [2.45, 2.75) is 26.3 Å². The lowest BCUT2D eigenvalue weighted by molar-refractivity contribution is -0.869. The van der Waals surface area contributed by atoms with Crippen molar-refractivity contribution in [2.75, 3.05) is 58.9 Å². The van der Waals surface area contributed by atoms with Gasteiger partial charge in [0.15, 0.2) is 5.75 Å². The van der Waals surface area contributed by atoms with E-state index >= 15 is 0 Å². The van der Waals surface area contributed by atoms with E-state index in [4.69, 9.17) is 21.1 Å². The van der Waals surface area contributed by atoms with E-state index in [1.54, 1.807) is 11.1 Å². The number of nitrogens with one attached hydrogen (secondary N) is 1. The highest BCUT2D eigenvalue weighted by Crippen LogP contribution is 2.40. The van der Waals surface area contributed by atoms with Crippen LogP contribution in [0.1, 0.15) is 34.3 Å². The molecule has 10 heteroatoms. The largest absolute Gasteiger partial charge is 0.493 e. The summed E-state index contributed by atoms with van der Waals surface area (Å²) in [4.78, 5) is 27.8. The van der Waals surface area contributed by atoms with Crippen LogP contribution in [0.5, 0.6) is 11.5 Å². The Hall–Kier alpha value is -4.34. The zero-order valence-corrected chi connectivity index (χ0v) is 27.1. The molecule has 0 fully saturated rings. The van der Waals surface area contributed by atoms with Crippen LogP contribution >= 0.6 is 11.6 Å². The number of quaternary nitrogens is 1. The number of fused-ring (bicyclic) bond motifs is 1. The Balaban J connectivity index is 1.22. The summed E-state index contributed by atoms with van der Waals surface area (Å²) in [5.41, 5.74) is 5.02. The quantitative estimate of drug-likeness (QED) is 0.163. The zero-order valence-electron chi connectivity index (χ0n) is 26.4. The van der Waals surface area contributed by atoms with Crippen molar-refractivity contribution in [1.29, 1.82) is 0 Å². The fourth-order valence-corrected chi connectivity index (χ4v) is 5.38. The van der Waals surface area contributed by atoms with Crippen LogP contribution in [0.15, 0.2) is 73.1 Å². The lowest BCUT2D eigenvalue weighted by Gasteiger charge is -2.31. The molecule has 4 aromatic rings. The molecule has 236 valence electrons. The first-order valence-electron chi connectivity index (χ1n) is 15.2. The van der Waals surface area contributed by atoms with Crippen LogP contribution in [-0.2, 0) is 11.3 Å². The van der Waals surface area contributed by atoms with Gasteiger partial charge in [-0.2, -0.15) is 5.10 Å². The topological polar surface area (TPSA) is 85.7 Å². The van der Waals surface area contributed by atoms with Crippen molar-refractivity contribution in [1.82, 2.24) is 15.1 Å². The number of aromatic nitrogens is 2. The summed E-state index contributed by atoms with van der Waals surface area (Å²) in [6.45, 7) is 5.21. The fourth-order valence-electron chi connectivity index (χ4n) is 5.21. The van der Waals surface area contributed by atoms with Gasteiger partial charge >= 0.3 is 0 Å². The number of para-hydroxylation sites is 1. The van der Waals surface area contributed by atoms with Gasteiger partial charge in [0.05, 0.1) is 65.8 Å². The van der Waals surface area contributed by atoms with Gasteiger partial charge in [-0.3, -0.25) is 14.3 Å². The van der Waals surface area contributed by atoms with Crippen LogP contribution in [-0.4, -0.2) is 80.1 Å². The maximum atomic E-state index is 13.3. The number of carbonyl (C=O) groups excluding carboxylic acids is 2. The number of likely N-dealkylation sites (N-methyl/N-ethyl adjacent to an activating group) is 1. The molecular weight excluding hydrogens is 590 g/mol. The molecule has 3 aromatic carbocycles. The molecule has 1 N–H and O–H groups in total. The van der Waals surface area contributed by atoms with Crippen molar-refractivity contribution in [3.05, 3.63) is 94.8 Å². The predicted molar refractivity (Wildman–Crippen MR) is 177 cm³/mol. The molecule has 45 heavy (non-hydrogen) atoms. The first-order valence-corrected chi connectivity index (χ1v) is 15.6. The molecule has 2 heterocycles. The molecule has 0 saturated heterocycles. The number of rotatable bonds is 12. The second-order valence-electron chi connectivity index (χ2n) is 12.3. The van der Waals surface area contributed by atoms with Crippen LogP contribution in [0, 0.1) is 6.92 Å². The fraction of sp³-hybridized carbons (Fsp3) is 0.343. The molecule has 0 spiro atoms. The first kappa shape index (κ1) is 32.1. The van der Waals surface area contributed by atoms with Gasteiger partial charge in [-0.05, 0) is 49.2 Å². The highest BCUT2D eigenvalue weighted by molar-refractivity contribution is 6.31. The van der Waals surface area contributed by atoms with Gasteiger partial charge in [0.25, 0.3) is 5.91 Å². The lowest BCUT2D eigenvalue weighted by atomic mass is 10.1. The van der Waals surface area contributed by atoms with E-state index in [9.17, 15) is 9.59 Å². The molecule has 0 bridgehead atoms. The summed E-state index contributed by atoms with van der Waals surface area (Å²) >= 11 is 6.19. The Bertz CT molecular complexity index is 1660. The summed E-state index contributed by atoms with van der Waals surface area (Å²) in [5, 5.41) is 8.25. The smallest absolute Gasteiger partial charge is 0.251 e. The van der Waals surface area contributed by atoms with Crippen LogP contribution < -0.4 is 19.7 Å². The standard InChI is InChI=1S/C35H40ClN5O4/c1-25-30(36)12-7-14-32(25)44-19-8-15-33(42)40-17-20-45-34-29(11-6-13-31(34)40)28-22-38-39(24-28)23-26-9-5-10-27(21-26)35(43)37-16-18-41(2,3)4/h5-7,9-14,21-22,24H,8,15-20,23H2,1-4H3/p+1. The number of amides is 2. The predicted octanol–water partition coefficient (Wildman–Crippen LogP) is 5.58. The molecule has 0 atom stereocenters. The van der Waals surface area contributed by atoms with E-state index in [1.165, 1.54) is 0 Å². The number of anilines is 1. The molecule has 1 aliphatic rings. The summed E-state index contributed by atoms with van der Waals surface area (Å²) < 4.78 is 14.6. The van der Waals surface area contributed by atoms with Gasteiger partial charge in [-0.15, -0.1) is 0 Å². The second-order valence-corrected chi connectivity index (χ2v) is 12.7. The lowest BCUT2D eigenvalue weighted by Crippen LogP contribution is -2.41. The highest BCUT2D eigenvalue weighted by atomic mass is 35.5. The third-order valence-corrected chi connectivity index (χ3v) is 8.11. The van der Waals surface area contributed by atoms with Gasteiger partial charge in [-0.1, -0.05) is 41.9 Å². The zero-order chi connectivity index (χ0) is 32.0. The highest BCUT2D eigenvalue weighted by Gasteiger charge is 2.26. The Morgan fingerprint density at radius 2 is 1.89 bits per heavy atom. The average Bonchev–Trinajstić information content (AvgIpc) is 3.48. The molecule has 0 radical (unpaired) electrons. The number of benzene rings is 3. The minimum atomic E-state index is -0.0812. The van der Waals surface area contributed by atoms with E-state index in [2.05, 4.69) is 31.6 Å². The minimum absolute atomic E-state index is 0.0280. The maximum Gasteiger partial charge on any atom is 0.251 e. The van der Waals surface area contributed by atoms with Crippen molar-refractivity contribution < 1.29 is 23.5 Å². The normalized spacial score (nSPS) is 12.8. The molecule has 1 aliphatic heterocycles. The third kappa shape index (κ3) is 8.23. The molecular formula is C35H41ClN5O4+. The number of ether oxygens (including phenoxy) is 2. The summed E-state index contributed by atoms with van der Waals surface area (Å²) in [6.07, 6.45) is 4.70. The summed E-state index contributed by atoms with van der Waals surface area (Å²) in [5.74, 6) is 1.36. The van der Waals surface area contributed by atoms with Crippen molar-refractivity contribution in [3.8, 4) is 22.6 Å². The molecule has 1 aromatic heterocycles. The van der Waals surface area contributed by atoms with E-state index < -0.39 is 0 Å². The first-order chi connectivity index (χ1) is 21.6. The van der Waals surface area contributed by atoms with Crippen molar-refractivity contribution >= 4 is 29.1 Å². The van der Waals surface area contributed by atoms with Gasteiger partial charge in [0.2, 0.25) is 5.91 Å². The molecule has 2 amide bonds. The monoisotopic (exact) mass is 630 g/mol. The van der Waals surface area contributed by atoms with Gasteiger partial charge in [0, 0.05) is 39.9 Å². The minimum Gasteiger partial charge on any atom is -0.493 e. The van der Waals surface area contributed by atoms with Crippen LogP contribution in [0.4, 0.5) is 5.69 Å². The van der Waals surface area contributed by atoms with Crippen molar-refractivity contribution in [2.24, 2.45) is 0 Å². The molecule has 0 saturated carbocycles. The van der Waals surface area contributed by atoms with Crippen LogP contribution in [0.25, 0.3) is 11.1 Å². The summed E-state index contributed by atoms with van der Waals surface area (Å²) in [6, 6.07) is 19.0.